The van der Waals surface area contributed by atoms with E-state index in [0.29, 0.717) is 19.3 Å². The van der Waals surface area contributed by atoms with Crippen LogP contribution in [0.15, 0.2) is 28.7 Å². The van der Waals surface area contributed by atoms with Gasteiger partial charge in [-0.05, 0) is 37.6 Å². The predicted octanol–water partition coefficient (Wildman–Crippen LogP) is 2.60. The first-order valence-electron chi connectivity index (χ1n) is 6.05. The van der Waals surface area contributed by atoms with Gasteiger partial charge in [0.25, 0.3) is 0 Å². The van der Waals surface area contributed by atoms with Crippen molar-refractivity contribution in [3.8, 4) is 5.75 Å². The largest absolute Gasteiger partial charge is 0.491 e. The van der Waals surface area contributed by atoms with E-state index < -0.39 is 0 Å². The molecule has 1 heterocycles. The quantitative estimate of drug-likeness (QED) is 0.848. The number of hydrogen-bond donors (Lipinski definition) is 1. The van der Waals surface area contributed by atoms with Gasteiger partial charge < -0.3 is 14.8 Å². The number of rotatable bonds is 5. The van der Waals surface area contributed by atoms with E-state index in [1.165, 1.54) is 6.42 Å². The molecule has 1 aromatic carbocycles. The van der Waals surface area contributed by atoms with Gasteiger partial charge in [-0.3, -0.25) is 0 Å². The minimum atomic E-state index is 0.356. The summed E-state index contributed by atoms with van der Waals surface area (Å²) in [6, 6.07) is 7.86. The second-order valence-corrected chi connectivity index (χ2v) is 5.06. The Labute approximate surface area is 111 Å². The normalized spacial score (nSPS) is 20.2. The van der Waals surface area contributed by atoms with Crippen LogP contribution in [0.1, 0.15) is 12.8 Å². The maximum absolute atomic E-state index is 5.74. The van der Waals surface area contributed by atoms with Crippen molar-refractivity contribution in [3.63, 3.8) is 0 Å². The lowest BCUT2D eigenvalue weighted by atomic mass is 10.1. The van der Waals surface area contributed by atoms with E-state index >= 15 is 0 Å². The van der Waals surface area contributed by atoms with E-state index in [1.807, 2.05) is 24.3 Å². The molecular weight excluding hydrogens is 282 g/mol. The van der Waals surface area contributed by atoms with Crippen molar-refractivity contribution in [2.75, 3.05) is 26.3 Å². The van der Waals surface area contributed by atoms with Gasteiger partial charge >= 0.3 is 0 Å². The summed E-state index contributed by atoms with van der Waals surface area (Å²) in [6.45, 7) is 3.34. The Bertz CT molecular complexity index is 340. The van der Waals surface area contributed by atoms with Gasteiger partial charge in [0.1, 0.15) is 12.4 Å². The molecule has 0 saturated carbocycles. The molecule has 1 aromatic rings. The highest BCUT2D eigenvalue weighted by atomic mass is 79.9. The Hall–Kier alpha value is -0.580. The molecular formula is C13H18BrNO2. The zero-order chi connectivity index (χ0) is 11.9. The van der Waals surface area contributed by atoms with Crippen LogP contribution < -0.4 is 10.1 Å². The van der Waals surface area contributed by atoms with Gasteiger partial charge in [0.05, 0.1) is 12.7 Å². The van der Waals surface area contributed by atoms with Crippen molar-refractivity contribution in [2.45, 2.75) is 18.9 Å². The van der Waals surface area contributed by atoms with Crippen molar-refractivity contribution in [1.29, 1.82) is 0 Å². The van der Waals surface area contributed by atoms with Crippen LogP contribution in [0.25, 0.3) is 0 Å². The first kappa shape index (κ1) is 12.9. The third kappa shape index (κ3) is 4.66. The SMILES string of the molecule is Brc1cccc(OCCOC2CCCNC2)c1. The van der Waals surface area contributed by atoms with Crippen molar-refractivity contribution < 1.29 is 9.47 Å². The summed E-state index contributed by atoms with van der Waals surface area (Å²) in [4.78, 5) is 0. The molecule has 94 valence electrons. The molecule has 1 aliphatic heterocycles. The van der Waals surface area contributed by atoms with Crippen LogP contribution in [0.2, 0.25) is 0 Å². The first-order chi connectivity index (χ1) is 8.34. The molecule has 1 N–H and O–H groups in total. The molecule has 1 unspecified atom stereocenters. The molecule has 1 atom stereocenters. The van der Waals surface area contributed by atoms with Crippen LogP contribution >= 0.6 is 15.9 Å². The highest BCUT2D eigenvalue weighted by molar-refractivity contribution is 9.10. The molecule has 0 aromatic heterocycles. The molecule has 17 heavy (non-hydrogen) atoms. The lowest BCUT2D eigenvalue weighted by Gasteiger charge is -2.23. The number of nitrogens with one attached hydrogen (secondary N) is 1. The van der Waals surface area contributed by atoms with Crippen LogP contribution in [0.4, 0.5) is 0 Å². The summed E-state index contributed by atoms with van der Waals surface area (Å²) in [5.74, 6) is 0.879. The molecule has 1 saturated heterocycles. The molecule has 2 rings (SSSR count). The highest BCUT2D eigenvalue weighted by Gasteiger charge is 2.12. The maximum atomic E-state index is 5.74. The minimum absolute atomic E-state index is 0.356. The number of ether oxygens (including phenoxy) is 2. The zero-order valence-corrected chi connectivity index (χ0v) is 11.4. The number of piperidine rings is 1. The van der Waals surface area contributed by atoms with Gasteiger partial charge in [-0.15, -0.1) is 0 Å². The van der Waals surface area contributed by atoms with E-state index in [9.17, 15) is 0 Å². The molecule has 4 heteroatoms. The first-order valence-corrected chi connectivity index (χ1v) is 6.84. The molecule has 0 amide bonds. The summed E-state index contributed by atoms with van der Waals surface area (Å²) in [5, 5.41) is 3.33. The van der Waals surface area contributed by atoms with Crippen LogP contribution in [0.5, 0.6) is 5.75 Å². The average molecular weight is 300 g/mol. The van der Waals surface area contributed by atoms with E-state index in [4.69, 9.17) is 9.47 Å². The highest BCUT2D eigenvalue weighted by Crippen LogP contribution is 2.17. The molecule has 0 spiro atoms. The van der Waals surface area contributed by atoms with Crippen LogP contribution in [-0.2, 0) is 4.74 Å². The fourth-order valence-corrected chi connectivity index (χ4v) is 2.27. The molecule has 0 aliphatic carbocycles. The zero-order valence-electron chi connectivity index (χ0n) is 9.82. The monoisotopic (exact) mass is 299 g/mol. The van der Waals surface area contributed by atoms with Gasteiger partial charge in [-0.1, -0.05) is 22.0 Å². The van der Waals surface area contributed by atoms with Crippen molar-refractivity contribution in [1.82, 2.24) is 5.32 Å². The average Bonchev–Trinajstić information content (AvgIpc) is 2.36. The molecule has 3 nitrogen and oxygen atoms in total. The van der Waals surface area contributed by atoms with E-state index in [-0.39, 0.29) is 0 Å². The Morgan fingerprint density at radius 2 is 2.29 bits per heavy atom. The summed E-state index contributed by atoms with van der Waals surface area (Å²) in [5.41, 5.74) is 0. The predicted molar refractivity (Wildman–Crippen MR) is 71.5 cm³/mol. The summed E-state index contributed by atoms with van der Waals surface area (Å²) in [7, 11) is 0. The number of benzene rings is 1. The maximum Gasteiger partial charge on any atom is 0.120 e. The Balaban J connectivity index is 1.62. The molecule has 1 aliphatic rings. The Kier molecular flexibility index (Phi) is 5.29. The molecule has 0 radical (unpaired) electrons. The van der Waals surface area contributed by atoms with Gasteiger partial charge in [0, 0.05) is 11.0 Å². The van der Waals surface area contributed by atoms with E-state index in [2.05, 4.69) is 21.2 Å². The lowest BCUT2D eigenvalue weighted by Crippen LogP contribution is -2.36. The second-order valence-electron chi connectivity index (χ2n) is 4.14. The van der Waals surface area contributed by atoms with Gasteiger partial charge in [0.2, 0.25) is 0 Å². The van der Waals surface area contributed by atoms with Crippen molar-refractivity contribution in [2.24, 2.45) is 0 Å². The third-order valence-electron chi connectivity index (χ3n) is 2.75. The van der Waals surface area contributed by atoms with E-state index in [0.717, 1.165) is 29.7 Å². The topological polar surface area (TPSA) is 30.5 Å². The van der Waals surface area contributed by atoms with Crippen LogP contribution in [0, 0.1) is 0 Å². The van der Waals surface area contributed by atoms with Crippen LogP contribution in [0.3, 0.4) is 0 Å². The number of halogens is 1. The Morgan fingerprint density at radius 3 is 3.06 bits per heavy atom. The third-order valence-corrected chi connectivity index (χ3v) is 3.25. The van der Waals surface area contributed by atoms with Crippen LogP contribution in [-0.4, -0.2) is 32.4 Å². The fourth-order valence-electron chi connectivity index (χ4n) is 1.89. The molecule has 1 fully saturated rings. The second kappa shape index (κ2) is 6.99. The molecule has 0 bridgehead atoms. The number of hydrogen-bond acceptors (Lipinski definition) is 3. The lowest BCUT2D eigenvalue weighted by molar-refractivity contribution is 0.0205. The summed E-state index contributed by atoms with van der Waals surface area (Å²) < 4.78 is 12.4. The van der Waals surface area contributed by atoms with Crippen molar-refractivity contribution in [3.05, 3.63) is 28.7 Å². The van der Waals surface area contributed by atoms with Crippen molar-refractivity contribution >= 4 is 15.9 Å². The van der Waals surface area contributed by atoms with Gasteiger partial charge in [0.15, 0.2) is 0 Å². The minimum Gasteiger partial charge on any atom is -0.491 e. The fraction of sp³-hybridized carbons (Fsp3) is 0.538. The standard InChI is InChI=1S/C13H18BrNO2/c14-11-3-1-4-12(9-11)16-7-8-17-13-5-2-6-15-10-13/h1,3-4,9,13,15H,2,5-8,10H2. The smallest absolute Gasteiger partial charge is 0.120 e. The summed E-state index contributed by atoms with van der Waals surface area (Å²) in [6.07, 6.45) is 2.72. The van der Waals surface area contributed by atoms with Gasteiger partial charge in [-0.25, -0.2) is 0 Å². The van der Waals surface area contributed by atoms with E-state index in [1.54, 1.807) is 0 Å². The Morgan fingerprint density at radius 1 is 1.35 bits per heavy atom. The van der Waals surface area contributed by atoms with Gasteiger partial charge in [-0.2, -0.15) is 0 Å². The summed E-state index contributed by atoms with van der Waals surface area (Å²) >= 11 is 3.41.